The number of carbonyl (C=O) groups excluding carboxylic acids is 1. The lowest BCUT2D eigenvalue weighted by molar-refractivity contribution is -0.139. The maximum absolute atomic E-state index is 11.0. The lowest BCUT2D eigenvalue weighted by Crippen LogP contribution is -2.12. The van der Waals surface area contributed by atoms with Gasteiger partial charge in [-0.1, -0.05) is 6.58 Å². The Kier molecular flexibility index (Phi) is 6.43. The average Bonchev–Trinajstić information content (AvgIpc) is 2.12. The van der Waals surface area contributed by atoms with Crippen LogP contribution in [0.1, 0.15) is 19.8 Å². The second-order valence-electron chi connectivity index (χ2n) is 3.72. The summed E-state index contributed by atoms with van der Waals surface area (Å²) in [7, 11) is -9.80. The highest BCUT2D eigenvalue weighted by atomic mass is 31.2. The highest BCUT2D eigenvalue weighted by molar-refractivity contribution is 7.70. The Balaban J connectivity index is 4.33. The van der Waals surface area contributed by atoms with Crippen molar-refractivity contribution >= 4 is 21.2 Å². The van der Waals surface area contributed by atoms with E-state index in [4.69, 9.17) is 19.6 Å². The van der Waals surface area contributed by atoms with E-state index in [9.17, 15) is 13.9 Å². The van der Waals surface area contributed by atoms with Gasteiger partial charge in [0.05, 0.1) is 6.61 Å². The smallest absolute Gasteiger partial charge is 0.340 e. The summed E-state index contributed by atoms with van der Waals surface area (Å²) in [6, 6.07) is 0. The minimum Gasteiger partial charge on any atom is -0.462 e. The van der Waals surface area contributed by atoms with Crippen molar-refractivity contribution in [3.05, 3.63) is 12.2 Å². The fraction of sp³-hybridized carbons (Fsp3) is 0.625. The Labute approximate surface area is 104 Å². The monoisotopic (exact) mass is 302 g/mol. The Hall–Kier alpha value is -0.490. The van der Waals surface area contributed by atoms with Gasteiger partial charge in [-0.25, -0.2) is 4.79 Å². The fourth-order valence-corrected chi connectivity index (χ4v) is 3.69. The number of hydrogen-bond donors (Lipinski definition) is 4. The Morgan fingerprint density at radius 2 is 1.67 bits per heavy atom. The van der Waals surface area contributed by atoms with Crippen molar-refractivity contribution in [2.75, 3.05) is 6.61 Å². The molecule has 0 aliphatic heterocycles. The van der Waals surface area contributed by atoms with Crippen LogP contribution in [0.2, 0.25) is 0 Å². The topological polar surface area (TPSA) is 141 Å². The third-order valence-electron chi connectivity index (χ3n) is 1.96. The molecule has 0 saturated carbocycles. The molecule has 0 amide bonds. The predicted molar refractivity (Wildman–Crippen MR) is 62.9 cm³/mol. The summed E-state index contributed by atoms with van der Waals surface area (Å²) in [5.41, 5.74) is 0.163. The van der Waals surface area contributed by atoms with Gasteiger partial charge in [-0.3, -0.25) is 9.13 Å². The molecule has 0 aliphatic rings. The Morgan fingerprint density at radius 1 is 1.22 bits per heavy atom. The van der Waals surface area contributed by atoms with Crippen molar-refractivity contribution < 1.29 is 38.2 Å². The van der Waals surface area contributed by atoms with Crippen LogP contribution in [0, 0.1) is 0 Å². The number of rotatable bonds is 7. The van der Waals surface area contributed by atoms with E-state index >= 15 is 0 Å². The van der Waals surface area contributed by atoms with Crippen LogP contribution in [-0.2, 0) is 18.7 Å². The van der Waals surface area contributed by atoms with Gasteiger partial charge in [-0.15, -0.1) is 0 Å². The fourth-order valence-electron chi connectivity index (χ4n) is 1.09. The summed E-state index contributed by atoms with van der Waals surface area (Å²) in [5, 5.41) is -2.06. The summed E-state index contributed by atoms with van der Waals surface area (Å²) in [5.74, 6) is -0.668. The quantitative estimate of drug-likeness (QED) is 0.231. The van der Waals surface area contributed by atoms with Crippen molar-refractivity contribution in [1.82, 2.24) is 0 Å². The van der Waals surface area contributed by atoms with Crippen molar-refractivity contribution in [2.45, 2.75) is 25.2 Å². The van der Waals surface area contributed by atoms with Gasteiger partial charge in [0.2, 0.25) is 0 Å². The van der Waals surface area contributed by atoms with Crippen LogP contribution in [0.5, 0.6) is 0 Å². The predicted octanol–water partition coefficient (Wildman–Crippen LogP) is 0.567. The lowest BCUT2D eigenvalue weighted by Gasteiger charge is -2.19. The molecular formula is C8H16O8P2. The Morgan fingerprint density at radius 3 is 2.00 bits per heavy atom. The van der Waals surface area contributed by atoms with Gasteiger partial charge >= 0.3 is 21.2 Å². The van der Waals surface area contributed by atoms with E-state index in [1.165, 1.54) is 6.92 Å². The molecule has 0 saturated heterocycles. The Bertz CT molecular complexity index is 383. The van der Waals surface area contributed by atoms with Crippen molar-refractivity contribution in [3.63, 3.8) is 0 Å². The lowest BCUT2D eigenvalue weighted by atomic mass is 10.3. The molecule has 0 unspecified atom stereocenters. The molecule has 18 heavy (non-hydrogen) atoms. The van der Waals surface area contributed by atoms with E-state index in [0.29, 0.717) is 0 Å². The second-order valence-corrected chi connectivity index (χ2v) is 7.73. The molecule has 0 atom stereocenters. The first-order valence-corrected chi connectivity index (χ1v) is 8.25. The molecule has 0 rings (SSSR count). The van der Waals surface area contributed by atoms with Gasteiger partial charge in [0.1, 0.15) is 0 Å². The first kappa shape index (κ1) is 17.5. The van der Waals surface area contributed by atoms with Crippen LogP contribution in [-0.4, -0.2) is 37.5 Å². The maximum Gasteiger partial charge on any atom is 0.340 e. The van der Waals surface area contributed by atoms with E-state index in [1.807, 2.05) is 0 Å². The van der Waals surface area contributed by atoms with Gasteiger partial charge in [0, 0.05) is 5.57 Å². The zero-order valence-electron chi connectivity index (χ0n) is 9.72. The molecular weight excluding hydrogens is 286 g/mol. The first-order chi connectivity index (χ1) is 7.96. The molecule has 0 fully saturated rings. The van der Waals surface area contributed by atoms with Gasteiger partial charge < -0.3 is 24.3 Å². The van der Waals surface area contributed by atoms with Gasteiger partial charge in [-0.2, -0.15) is 0 Å². The van der Waals surface area contributed by atoms with Crippen molar-refractivity contribution in [2.24, 2.45) is 0 Å². The van der Waals surface area contributed by atoms with Crippen molar-refractivity contribution in [1.29, 1.82) is 0 Å². The largest absolute Gasteiger partial charge is 0.462 e. The normalized spacial score (nSPS) is 12.6. The highest BCUT2D eigenvalue weighted by Crippen LogP contribution is 2.61. The highest BCUT2D eigenvalue weighted by Gasteiger charge is 2.42. The second kappa shape index (κ2) is 6.61. The maximum atomic E-state index is 11.0. The summed E-state index contributed by atoms with van der Waals surface area (Å²) < 4.78 is 26.4. The number of carbonyl (C=O) groups is 1. The van der Waals surface area contributed by atoms with Crippen molar-refractivity contribution in [3.8, 4) is 0 Å². The molecule has 0 heterocycles. The molecule has 8 nitrogen and oxygen atoms in total. The van der Waals surface area contributed by atoms with Crippen LogP contribution in [0.4, 0.5) is 0 Å². The first-order valence-electron chi connectivity index (χ1n) is 4.89. The molecule has 0 spiro atoms. The molecule has 10 heteroatoms. The molecule has 106 valence electrons. The number of ether oxygens (including phenoxy) is 1. The number of esters is 1. The summed E-state index contributed by atoms with van der Waals surface area (Å²) in [4.78, 5) is 46.2. The van der Waals surface area contributed by atoms with Crippen LogP contribution in [0.15, 0.2) is 12.2 Å². The zero-order valence-corrected chi connectivity index (χ0v) is 11.5. The summed E-state index contributed by atoms with van der Waals surface area (Å²) in [6.07, 6.45) is -0.516. The third kappa shape index (κ3) is 6.44. The van der Waals surface area contributed by atoms with Crippen LogP contribution >= 0.6 is 15.2 Å². The van der Waals surface area contributed by atoms with Gasteiger partial charge in [0.25, 0.3) is 0 Å². The van der Waals surface area contributed by atoms with E-state index in [2.05, 4.69) is 11.3 Å². The average molecular weight is 302 g/mol. The third-order valence-corrected chi connectivity index (χ3v) is 5.84. The van der Waals surface area contributed by atoms with E-state index in [0.717, 1.165) is 0 Å². The van der Waals surface area contributed by atoms with E-state index < -0.39 is 33.0 Å². The summed E-state index contributed by atoms with van der Waals surface area (Å²) >= 11 is 0. The molecule has 0 aromatic heterocycles. The standard InChI is InChI=1S/C8H16O8P2/c1-6(2)8(9)16-5-3-4-7(17(10,11)12)18(13,14)15/h7H,1,3-5H2,2H3,(H2,10,11,12)(H2,13,14,15). The van der Waals surface area contributed by atoms with E-state index in [1.54, 1.807) is 0 Å². The van der Waals surface area contributed by atoms with Gasteiger partial charge in [0.15, 0.2) is 5.40 Å². The molecule has 0 bridgehead atoms. The summed E-state index contributed by atoms with van der Waals surface area (Å²) in [6.45, 7) is 4.56. The minimum atomic E-state index is -4.90. The molecule has 0 aliphatic carbocycles. The van der Waals surface area contributed by atoms with E-state index in [-0.39, 0.29) is 18.6 Å². The van der Waals surface area contributed by atoms with Gasteiger partial charge in [-0.05, 0) is 19.8 Å². The van der Waals surface area contributed by atoms with Crippen LogP contribution in [0.3, 0.4) is 0 Å². The molecule has 0 aromatic carbocycles. The minimum absolute atomic E-state index is 0.0695. The van der Waals surface area contributed by atoms with Crippen LogP contribution < -0.4 is 0 Å². The van der Waals surface area contributed by atoms with Crippen LogP contribution in [0.25, 0.3) is 0 Å². The zero-order chi connectivity index (χ0) is 14.6. The molecule has 4 N–H and O–H groups in total. The molecule has 0 aromatic rings. The SMILES string of the molecule is C=C(C)C(=O)OCCCC(P(=O)(O)O)P(=O)(O)O. The molecule has 0 radical (unpaired) electrons. The number of hydrogen-bond acceptors (Lipinski definition) is 4.